The van der Waals surface area contributed by atoms with Crippen LogP contribution in [0.25, 0.3) is 0 Å². The number of urea groups is 1. The maximum Gasteiger partial charge on any atom is 0.323 e. The monoisotopic (exact) mass is 323 g/mol. The summed E-state index contributed by atoms with van der Waals surface area (Å²) in [5.41, 5.74) is 0. The van der Waals surface area contributed by atoms with Crippen LogP contribution in [0.5, 0.6) is 0 Å². The van der Waals surface area contributed by atoms with Gasteiger partial charge in [0.25, 0.3) is 0 Å². The van der Waals surface area contributed by atoms with Gasteiger partial charge in [0.15, 0.2) is 5.82 Å². The first-order valence-corrected chi connectivity index (χ1v) is 7.99. The molecule has 2 N–H and O–H groups in total. The minimum atomic E-state index is -0.193. The molecule has 0 bridgehead atoms. The topological polar surface area (TPSA) is 90.7 Å². The van der Waals surface area contributed by atoms with Gasteiger partial charge >= 0.3 is 6.03 Å². The molecule has 0 spiro atoms. The lowest BCUT2D eigenvalue weighted by Crippen LogP contribution is -2.52. The molecule has 1 atom stereocenters. The van der Waals surface area contributed by atoms with Crippen molar-refractivity contribution >= 4 is 17.8 Å². The van der Waals surface area contributed by atoms with E-state index in [9.17, 15) is 9.59 Å². The Morgan fingerprint density at radius 1 is 1.35 bits per heavy atom. The number of hydrogen-bond donors (Lipinski definition) is 2. The van der Waals surface area contributed by atoms with Gasteiger partial charge in [0.1, 0.15) is 5.76 Å². The average molecular weight is 323 g/mol. The minimum absolute atomic E-state index is 0.0373. The number of hydrogen-bond acceptors (Lipinski definition) is 5. The molecule has 1 fully saturated rings. The van der Waals surface area contributed by atoms with Crippen LogP contribution in [0.4, 0.5) is 10.6 Å². The zero-order valence-electron chi connectivity index (χ0n) is 14.0. The maximum absolute atomic E-state index is 12.1. The molecule has 1 aromatic heterocycles. The van der Waals surface area contributed by atoms with Crippen LogP contribution in [0, 0.1) is 6.92 Å². The van der Waals surface area contributed by atoms with E-state index >= 15 is 0 Å². The van der Waals surface area contributed by atoms with E-state index in [1.807, 2.05) is 13.8 Å². The summed E-state index contributed by atoms with van der Waals surface area (Å²) in [5, 5.41) is 9.40. The van der Waals surface area contributed by atoms with Crippen molar-refractivity contribution in [1.82, 2.24) is 20.3 Å². The van der Waals surface area contributed by atoms with Crippen LogP contribution in [0.3, 0.4) is 0 Å². The zero-order chi connectivity index (χ0) is 16.8. The predicted octanol–water partition coefficient (Wildman–Crippen LogP) is 1.05. The van der Waals surface area contributed by atoms with Crippen LogP contribution in [0.15, 0.2) is 10.6 Å². The molecule has 8 heteroatoms. The third-order valence-electron chi connectivity index (χ3n) is 3.91. The molecule has 1 saturated heterocycles. The predicted molar refractivity (Wildman–Crippen MR) is 86.2 cm³/mol. The molecule has 23 heavy (non-hydrogen) atoms. The Balaban J connectivity index is 1.73. The van der Waals surface area contributed by atoms with E-state index in [0.29, 0.717) is 44.3 Å². The standard InChI is InChI=1S/C15H25N5O3/c1-4-11(2)16-14(21)10-19-5-7-20(8-6-19)15(22)17-13-9-12(3)23-18-13/h9,11H,4-8,10H2,1-3H3,(H,16,21)(H,17,18,22). The van der Waals surface area contributed by atoms with Crippen molar-refractivity contribution in [2.45, 2.75) is 33.2 Å². The lowest BCUT2D eigenvalue weighted by molar-refractivity contribution is -0.123. The second-order valence-corrected chi connectivity index (χ2v) is 5.89. The molecule has 0 radical (unpaired) electrons. The number of aromatic nitrogens is 1. The van der Waals surface area contributed by atoms with Crippen LogP contribution in [0.2, 0.25) is 0 Å². The quantitative estimate of drug-likeness (QED) is 0.845. The largest absolute Gasteiger partial charge is 0.360 e. The Labute approximate surface area is 136 Å². The summed E-state index contributed by atoms with van der Waals surface area (Å²) in [7, 11) is 0. The summed E-state index contributed by atoms with van der Waals surface area (Å²) in [5.74, 6) is 1.11. The Kier molecular flexibility index (Phi) is 5.97. The van der Waals surface area contributed by atoms with Crippen molar-refractivity contribution in [2.24, 2.45) is 0 Å². The zero-order valence-corrected chi connectivity index (χ0v) is 14.0. The molecule has 1 aromatic rings. The smallest absolute Gasteiger partial charge is 0.323 e. The van der Waals surface area contributed by atoms with Crippen molar-refractivity contribution in [3.05, 3.63) is 11.8 Å². The molecule has 2 rings (SSSR count). The van der Waals surface area contributed by atoms with Gasteiger partial charge in [-0.05, 0) is 20.3 Å². The van der Waals surface area contributed by atoms with Gasteiger partial charge in [-0.15, -0.1) is 0 Å². The van der Waals surface area contributed by atoms with Crippen molar-refractivity contribution in [1.29, 1.82) is 0 Å². The highest BCUT2D eigenvalue weighted by atomic mass is 16.5. The third-order valence-corrected chi connectivity index (χ3v) is 3.91. The van der Waals surface area contributed by atoms with Crippen molar-refractivity contribution in [3.8, 4) is 0 Å². The SMILES string of the molecule is CCC(C)NC(=O)CN1CCN(C(=O)Nc2cc(C)on2)CC1. The number of aryl methyl sites for hydroxylation is 1. The van der Waals surface area contributed by atoms with E-state index in [-0.39, 0.29) is 18.0 Å². The molecule has 1 unspecified atom stereocenters. The van der Waals surface area contributed by atoms with E-state index < -0.39 is 0 Å². The van der Waals surface area contributed by atoms with Crippen molar-refractivity contribution < 1.29 is 14.1 Å². The number of anilines is 1. The highest BCUT2D eigenvalue weighted by Crippen LogP contribution is 2.09. The summed E-state index contributed by atoms with van der Waals surface area (Å²) >= 11 is 0. The fraction of sp³-hybridized carbons (Fsp3) is 0.667. The van der Waals surface area contributed by atoms with Gasteiger partial charge in [0, 0.05) is 38.3 Å². The summed E-state index contributed by atoms with van der Waals surface area (Å²) in [6.45, 7) is 8.70. The fourth-order valence-corrected chi connectivity index (χ4v) is 2.35. The van der Waals surface area contributed by atoms with Gasteiger partial charge < -0.3 is 14.7 Å². The Hall–Kier alpha value is -2.09. The van der Waals surface area contributed by atoms with E-state index in [4.69, 9.17) is 4.52 Å². The Morgan fingerprint density at radius 3 is 2.61 bits per heavy atom. The van der Waals surface area contributed by atoms with Gasteiger partial charge in [0.05, 0.1) is 6.54 Å². The first-order chi connectivity index (χ1) is 11.0. The second kappa shape index (κ2) is 7.96. The highest BCUT2D eigenvalue weighted by molar-refractivity contribution is 5.88. The summed E-state index contributed by atoms with van der Waals surface area (Å²) < 4.78 is 4.92. The summed E-state index contributed by atoms with van der Waals surface area (Å²) in [6.07, 6.45) is 0.918. The third kappa shape index (κ3) is 5.24. The normalized spacial score (nSPS) is 16.9. The number of nitrogens with one attached hydrogen (secondary N) is 2. The average Bonchev–Trinajstić information content (AvgIpc) is 2.92. The van der Waals surface area contributed by atoms with Crippen molar-refractivity contribution in [2.75, 3.05) is 38.0 Å². The molecule has 2 heterocycles. The molecule has 0 aromatic carbocycles. The number of carbonyl (C=O) groups is 2. The molecule has 1 aliphatic heterocycles. The summed E-state index contributed by atoms with van der Waals surface area (Å²) in [4.78, 5) is 27.8. The molecule has 0 aliphatic carbocycles. The lowest BCUT2D eigenvalue weighted by atomic mass is 10.2. The Bertz CT molecular complexity index is 537. The van der Waals surface area contributed by atoms with Crippen LogP contribution < -0.4 is 10.6 Å². The number of rotatable bonds is 5. The molecule has 3 amide bonds. The molecule has 0 saturated carbocycles. The highest BCUT2D eigenvalue weighted by Gasteiger charge is 2.23. The van der Waals surface area contributed by atoms with Gasteiger partial charge in [-0.25, -0.2) is 4.79 Å². The molecular formula is C15H25N5O3. The van der Waals surface area contributed by atoms with Gasteiger partial charge in [-0.2, -0.15) is 0 Å². The first-order valence-electron chi connectivity index (χ1n) is 7.99. The van der Waals surface area contributed by atoms with Crippen LogP contribution in [0.1, 0.15) is 26.0 Å². The van der Waals surface area contributed by atoms with Gasteiger partial charge in [0.2, 0.25) is 5.91 Å². The number of carbonyl (C=O) groups excluding carboxylic acids is 2. The van der Waals surface area contributed by atoms with Crippen molar-refractivity contribution in [3.63, 3.8) is 0 Å². The molecular weight excluding hydrogens is 298 g/mol. The number of amides is 3. The van der Waals surface area contributed by atoms with Crippen LogP contribution in [-0.2, 0) is 4.79 Å². The van der Waals surface area contributed by atoms with E-state index in [1.54, 1.807) is 17.9 Å². The van der Waals surface area contributed by atoms with E-state index in [0.717, 1.165) is 6.42 Å². The Morgan fingerprint density at radius 2 is 2.04 bits per heavy atom. The second-order valence-electron chi connectivity index (χ2n) is 5.89. The molecule has 8 nitrogen and oxygen atoms in total. The first kappa shape index (κ1) is 17.3. The van der Waals surface area contributed by atoms with Gasteiger partial charge in [-0.3, -0.25) is 15.0 Å². The van der Waals surface area contributed by atoms with E-state index in [1.165, 1.54) is 0 Å². The number of piperazine rings is 1. The molecule has 1 aliphatic rings. The maximum atomic E-state index is 12.1. The van der Waals surface area contributed by atoms with Crippen LogP contribution >= 0.6 is 0 Å². The van der Waals surface area contributed by atoms with E-state index in [2.05, 4.69) is 20.7 Å². The molecule has 128 valence electrons. The van der Waals surface area contributed by atoms with Gasteiger partial charge in [-0.1, -0.05) is 12.1 Å². The number of nitrogens with zero attached hydrogens (tertiary/aromatic N) is 3. The fourth-order valence-electron chi connectivity index (χ4n) is 2.35. The van der Waals surface area contributed by atoms with Crippen LogP contribution in [-0.4, -0.2) is 65.7 Å². The lowest BCUT2D eigenvalue weighted by Gasteiger charge is -2.34. The minimum Gasteiger partial charge on any atom is -0.360 e. The summed E-state index contributed by atoms with van der Waals surface area (Å²) in [6, 6.07) is 1.68.